The molecule has 4 fully saturated rings. The highest BCUT2D eigenvalue weighted by molar-refractivity contribution is 6.33. The van der Waals surface area contributed by atoms with Gasteiger partial charge in [-0.25, -0.2) is 4.98 Å². The maximum atomic E-state index is 13.4. The Bertz CT molecular complexity index is 890. The average molecular weight is 459 g/mol. The lowest BCUT2D eigenvalue weighted by Crippen LogP contribution is -2.51. The second-order valence-corrected chi connectivity index (χ2v) is 12.1. The Hall–Kier alpha value is -1.13. The van der Waals surface area contributed by atoms with E-state index in [4.69, 9.17) is 11.6 Å². The minimum absolute atomic E-state index is 0.0427. The molecule has 1 amide bonds. The fourth-order valence-corrected chi connectivity index (χ4v) is 8.70. The number of fused-ring (bicyclic) bond motifs is 5. The van der Waals surface area contributed by atoms with Crippen LogP contribution < -0.4 is 5.32 Å². The molecular formula is C27H39ClN2O2. The van der Waals surface area contributed by atoms with Crippen LogP contribution in [0.2, 0.25) is 5.02 Å². The predicted molar refractivity (Wildman–Crippen MR) is 128 cm³/mol. The SMILES string of the molecule is CC[C@@]1(O)CC[C@H]2[C@H](CC[C@@H]3[C@@H]2CC[C@]2(C)[C@@H](C(=O)Nc4nc(C)ccc4Cl)CC[C@@H]32)C1. The third kappa shape index (κ3) is 3.70. The van der Waals surface area contributed by atoms with Crippen LogP contribution in [0.1, 0.15) is 83.7 Å². The van der Waals surface area contributed by atoms with Gasteiger partial charge in [0.15, 0.2) is 5.82 Å². The van der Waals surface area contributed by atoms with Crippen molar-refractivity contribution in [1.82, 2.24) is 4.98 Å². The highest BCUT2D eigenvalue weighted by Crippen LogP contribution is 2.64. The van der Waals surface area contributed by atoms with Crippen LogP contribution in [0.5, 0.6) is 0 Å². The summed E-state index contributed by atoms with van der Waals surface area (Å²) >= 11 is 6.31. The molecule has 0 radical (unpaired) electrons. The zero-order valence-corrected chi connectivity index (χ0v) is 20.6. The molecule has 32 heavy (non-hydrogen) atoms. The van der Waals surface area contributed by atoms with Crippen LogP contribution in [-0.4, -0.2) is 21.6 Å². The summed E-state index contributed by atoms with van der Waals surface area (Å²) in [6.45, 7) is 6.45. The molecule has 0 bridgehead atoms. The highest BCUT2D eigenvalue weighted by Gasteiger charge is 2.59. The van der Waals surface area contributed by atoms with E-state index in [1.807, 2.05) is 19.1 Å². The number of anilines is 1. The first-order chi connectivity index (χ1) is 15.2. The van der Waals surface area contributed by atoms with Gasteiger partial charge in [0.2, 0.25) is 5.91 Å². The standard InChI is InChI=1S/C27H39ClN2O2/c1-4-27(32)14-12-18-17(15-27)6-7-20-19(18)11-13-26(3)21(20)8-9-22(26)25(31)30-24-23(28)10-5-16(2)29-24/h5,10,17-22,32H,4,6-9,11-15H2,1-3H3,(H,29,30,31)/t17-,18+,19-,20-,21+,22-,26+,27-/m1/s1. The Balaban J connectivity index is 1.31. The van der Waals surface area contributed by atoms with Crippen molar-refractivity contribution >= 4 is 23.3 Å². The number of carbonyl (C=O) groups excluding carboxylic acids is 1. The molecule has 0 aromatic carbocycles. The summed E-state index contributed by atoms with van der Waals surface area (Å²) in [5.74, 6) is 4.33. The van der Waals surface area contributed by atoms with Crippen LogP contribution in [0.15, 0.2) is 12.1 Å². The van der Waals surface area contributed by atoms with Crippen molar-refractivity contribution in [3.8, 4) is 0 Å². The Morgan fingerprint density at radius 3 is 2.69 bits per heavy atom. The van der Waals surface area contributed by atoms with Gasteiger partial charge in [-0.05, 0) is 118 Å². The number of aryl methyl sites for hydroxylation is 1. The summed E-state index contributed by atoms with van der Waals surface area (Å²) in [6, 6.07) is 3.68. The molecule has 0 saturated heterocycles. The summed E-state index contributed by atoms with van der Waals surface area (Å²) in [6.07, 6.45) is 11.2. The first-order valence-corrected chi connectivity index (χ1v) is 13.3. The van der Waals surface area contributed by atoms with Crippen LogP contribution in [0, 0.1) is 47.8 Å². The second-order valence-electron chi connectivity index (χ2n) is 11.7. The molecule has 1 aromatic heterocycles. The third-order valence-electron chi connectivity index (χ3n) is 10.3. The first-order valence-electron chi connectivity index (χ1n) is 12.9. The number of halogens is 1. The van der Waals surface area contributed by atoms with Crippen molar-refractivity contribution < 1.29 is 9.90 Å². The number of nitrogens with zero attached hydrogens (tertiary/aromatic N) is 1. The second kappa shape index (κ2) is 8.27. The predicted octanol–water partition coefficient (Wildman–Crippen LogP) is 6.39. The van der Waals surface area contributed by atoms with Crippen molar-refractivity contribution in [2.24, 2.45) is 40.9 Å². The molecule has 5 heteroatoms. The Labute approximate surface area is 197 Å². The van der Waals surface area contributed by atoms with E-state index in [2.05, 4.69) is 24.1 Å². The van der Waals surface area contributed by atoms with Gasteiger partial charge in [0, 0.05) is 11.6 Å². The zero-order valence-electron chi connectivity index (χ0n) is 19.9. The van der Waals surface area contributed by atoms with E-state index >= 15 is 0 Å². The topological polar surface area (TPSA) is 62.2 Å². The normalized spacial score (nSPS) is 43.2. The molecule has 0 unspecified atom stereocenters. The van der Waals surface area contributed by atoms with Gasteiger partial charge in [0.25, 0.3) is 0 Å². The molecule has 8 atom stereocenters. The van der Waals surface area contributed by atoms with E-state index in [-0.39, 0.29) is 17.2 Å². The number of aliphatic hydroxyl groups is 1. The maximum absolute atomic E-state index is 13.4. The summed E-state index contributed by atoms with van der Waals surface area (Å²) < 4.78 is 0. The van der Waals surface area contributed by atoms with Crippen molar-refractivity contribution in [1.29, 1.82) is 0 Å². The van der Waals surface area contributed by atoms with Crippen LogP contribution in [0.25, 0.3) is 0 Å². The molecular weight excluding hydrogens is 420 g/mol. The number of amides is 1. The Kier molecular flexibility index (Phi) is 5.85. The van der Waals surface area contributed by atoms with E-state index in [0.717, 1.165) is 55.6 Å². The van der Waals surface area contributed by atoms with Gasteiger partial charge in [-0.1, -0.05) is 25.4 Å². The minimum Gasteiger partial charge on any atom is -0.390 e. The molecule has 176 valence electrons. The molecule has 0 aliphatic heterocycles. The number of hydrogen-bond acceptors (Lipinski definition) is 3. The maximum Gasteiger partial charge on any atom is 0.229 e. The Morgan fingerprint density at radius 1 is 1.12 bits per heavy atom. The van der Waals surface area contributed by atoms with Crippen LogP contribution in [0.4, 0.5) is 5.82 Å². The van der Waals surface area contributed by atoms with Crippen LogP contribution in [0.3, 0.4) is 0 Å². The lowest BCUT2D eigenvalue weighted by Gasteiger charge is -2.57. The summed E-state index contributed by atoms with van der Waals surface area (Å²) in [4.78, 5) is 17.8. The number of pyridine rings is 1. The first kappa shape index (κ1) is 22.7. The zero-order chi connectivity index (χ0) is 22.7. The van der Waals surface area contributed by atoms with Gasteiger partial charge in [-0.2, -0.15) is 0 Å². The van der Waals surface area contributed by atoms with Crippen molar-refractivity contribution in [3.05, 3.63) is 22.8 Å². The average Bonchev–Trinajstić information content (AvgIpc) is 3.13. The molecule has 5 rings (SSSR count). The monoisotopic (exact) mass is 458 g/mol. The summed E-state index contributed by atoms with van der Waals surface area (Å²) in [5, 5.41) is 14.5. The molecule has 1 aromatic rings. The smallest absolute Gasteiger partial charge is 0.229 e. The van der Waals surface area contributed by atoms with Gasteiger partial charge in [-0.15, -0.1) is 0 Å². The van der Waals surface area contributed by atoms with E-state index in [9.17, 15) is 9.90 Å². The highest BCUT2D eigenvalue weighted by atomic mass is 35.5. The number of hydrogen-bond donors (Lipinski definition) is 2. The van der Waals surface area contributed by atoms with Gasteiger partial charge in [0.05, 0.1) is 10.6 Å². The molecule has 0 spiro atoms. The van der Waals surface area contributed by atoms with Crippen LogP contribution >= 0.6 is 11.6 Å². The lowest BCUT2D eigenvalue weighted by molar-refractivity contribution is -0.130. The van der Waals surface area contributed by atoms with Crippen molar-refractivity contribution in [2.75, 3.05) is 5.32 Å². The van der Waals surface area contributed by atoms with Gasteiger partial charge in [0.1, 0.15) is 0 Å². The quantitative estimate of drug-likeness (QED) is 0.551. The molecule has 4 nitrogen and oxygen atoms in total. The lowest BCUT2D eigenvalue weighted by atomic mass is 9.49. The fraction of sp³-hybridized carbons (Fsp3) is 0.778. The fourth-order valence-electron chi connectivity index (χ4n) is 8.55. The minimum atomic E-state index is -0.418. The van der Waals surface area contributed by atoms with Gasteiger partial charge < -0.3 is 10.4 Å². The number of carbonyl (C=O) groups is 1. The van der Waals surface area contributed by atoms with Gasteiger partial charge in [-0.3, -0.25) is 4.79 Å². The Morgan fingerprint density at radius 2 is 1.91 bits per heavy atom. The van der Waals surface area contributed by atoms with E-state index in [1.165, 1.54) is 32.1 Å². The van der Waals surface area contributed by atoms with Crippen molar-refractivity contribution in [3.63, 3.8) is 0 Å². The third-order valence-corrected chi connectivity index (χ3v) is 10.6. The molecule has 2 N–H and O–H groups in total. The number of aromatic nitrogens is 1. The molecule has 1 heterocycles. The largest absolute Gasteiger partial charge is 0.390 e. The van der Waals surface area contributed by atoms with E-state index in [0.29, 0.717) is 22.7 Å². The van der Waals surface area contributed by atoms with E-state index in [1.54, 1.807) is 0 Å². The van der Waals surface area contributed by atoms with Crippen LogP contribution in [-0.2, 0) is 4.79 Å². The summed E-state index contributed by atoms with van der Waals surface area (Å²) in [7, 11) is 0. The van der Waals surface area contributed by atoms with E-state index < -0.39 is 5.60 Å². The summed E-state index contributed by atoms with van der Waals surface area (Å²) in [5.41, 5.74) is 0.520. The molecule has 4 aliphatic carbocycles. The number of rotatable bonds is 3. The molecule has 4 saturated carbocycles. The van der Waals surface area contributed by atoms with Crippen molar-refractivity contribution in [2.45, 2.75) is 90.6 Å². The van der Waals surface area contributed by atoms with Gasteiger partial charge >= 0.3 is 0 Å². The molecule has 4 aliphatic rings. The number of nitrogens with one attached hydrogen (secondary N) is 1.